The van der Waals surface area contributed by atoms with E-state index in [1.54, 1.807) is 0 Å². The Kier molecular flexibility index (Phi) is 12.5. The van der Waals surface area contributed by atoms with Crippen LogP contribution in [-0.4, -0.2) is 11.4 Å². The first-order chi connectivity index (χ1) is 15.3. The first-order valence-corrected chi connectivity index (χ1v) is 14.6. The van der Waals surface area contributed by atoms with E-state index < -0.39 is 0 Å². The molecule has 33 heavy (non-hydrogen) atoms. The SMILES string of the molecule is CCCC1(NC(=O)C(C)(CC(C)(C)C)CC(C)(C)[C@H](C)CC)CCCCCCCCCCC1. The number of nitrogens with one attached hydrogen (secondary N) is 1. The highest BCUT2D eigenvalue weighted by Gasteiger charge is 2.45. The molecule has 0 bridgehead atoms. The molecule has 1 amide bonds. The van der Waals surface area contributed by atoms with Crippen LogP contribution in [0.2, 0.25) is 0 Å². The van der Waals surface area contributed by atoms with Gasteiger partial charge >= 0.3 is 0 Å². The first kappa shape index (κ1) is 30.5. The zero-order valence-corrected chi connectivity index (χ0v) is 24.3. The van der Waals surface area contributed by atoms with E-state index in [2.05, 4.69) is 67.6 Å². The molecule has 1 aliphatic rings. The van der Waals surface area contributed by atoms with E-state index in [4.69, 9.17) is 0 Å². The lowest BCUT2D eigenvalue weighted by atomic mass is 9.62. The lowest BCUT2D eigenvalue weighted by Gasteiger charge is -2.45. The molecule has 0 heterocycles. The fourth-order valence-electron chi connectivity index (χ4n) is 6.72. The Morgan fingerprint density at radius 2 is 1.24 bits per heavy atom. The Labute approximate surface area is 208 Å². The van der Waals surface area contributed by atoms with Crippen LogP contribution in [0.5, 0.6) is 0 Å². The monoisotopic (exact) mass is 463 g/mol. The highest BCUT2D eigenvalue weighted by molar-refractivity contribution is 5.83. The van der Waals surface area contributed by atoms with Crippen molar-refractivity contribution in [3.8, 4) is 0 Å². The first-order valence-electron chi connectivity index (χ1n) is 14.6. The van der Waals surface area contributed by atoms with Gasteiger partial charge in [0.15, 0.2) is 0 Å². The summed E-state index contributed by atoms with van der Waals surface area (Å²) in [4.78, 5) is 14.2. The molecule has 0 saturated heterocycles. The maximum Gasteiger partial charge on any atom is 0.226 e. The third-order valence-corrected chi connectivity index (χ3v) is 8.68. The summed E-state index contributed by atoms with van der Waals surface area (Å²) >= 11 is 0. The number of amides is 1. The second-order valence-electron chi connectivity index (χ2n) is 13.9. The van der Waals surface area contributed by atoms with E-state index in [9.17, 15) is 4.79 Å². The van der Waals surface area contributed by atoms with Crippen LogP contribution < -0.4 is 5.32 Å². The molecule has 1 saturated carbocycles. The Morgan fingerprint density at radius 3 is 1.64 bits per heavy atom. The predicted octanol–water partition coefficient (Wildman–Crippen LogP) is 9.85. The molecule has 1 rings (SSSR count). The molecule has 0 radical (unpaired) electrons. The van der Waals surface area contributed by atoms with E-state index in [0.717, 1.165) is 38.5 Å². The van der Waals surface area contributed by atoms with Crippen LogP contribution in [0.25, 0.3) is 0 Å². The fourth-order valence-corrected chi connectivity index (χ4v) is 6.72. The normalized spacial score (nSPS) is 21.8. The summed E-state index contributed by atoms with van der Waals surface area (Å²) in [5.41, 5.74) is -0.0706. The molecule has 2 atom stereocenters. The Bertz CT molecular complexity index is 546. The quantitative estimate of drug-likeness (QED) is 0.362. The molecule has 2 heteroatoms. The van der Waals surface area contributed by atoms with E-state index in [-0.39, 0.29) is 21.8 Å². The van der Waals surface area contributed by atoms with Gasteiger partial charge in [0, 0.05) is 11.0 Å². The summed E-state index contributed by atoms with van der Waals surface area (Å²) in [6, 6.07) is 0. The number of rotatable bonds is 9. The van der Waals surface area contributed by atoms with Crippen molar-refractivity contribution in [2.75, 3.05) is 0 Å². The van der Waals surface area contributed by atoms with E-state index in [1.165, 1.54) is 64.2 Å². The van der Waals surface area contributed by atoms with Gasteiger partial charge in [-0.25, -0.2) is 0 Å². The molecule has 0 aromatic heterocycles. The van der Waals surface area contributed by atoms with Gasteiger partial charge in [-0.2, -0.15) is 0 Å². The topological polar surface area (TPSA) is 29.1 Å². The summed E-state index contributed by atoms with van der Waals surface area (Å²) in [5, 5.41) is 3.79. The Balaban J connectivity index is 3.19. The minimum Gasteiger partial charge on any atom is -0.350 e. The van der Waals surface area contributed by atoms with E-state index >= 15 is 0 Å². The number of carbonyl (C=O) groups is 1. The molecule has 0 aromatic rings. The van der Waals surface area contributed by atoms with E-state index in [0.29, 0.717) is 11.8 Å². The molecule has 0 aromatic carbocycles. The molecule has 0 aliphatic heterocycles. The lowest BCUT2D eigenvalue weighted by Crippen LogP contribution is -2.55. The van der Waals surface area contributed by atoms with Crippen LogP contribution in [0.3, 0.4) is 0 Å². The molecule has 0 spiro atoms. The smallest absolute Gasteiger partial charge is 0.226 e. The van der Waals surface area contributed by atoms with Crippen LogP contribution in [0, 0.1) is 22.2 Å². The second kappa shape index (κ2) is 13.5. The molecular formula is C31H61NO. The van der Waals surface area contributed by atoms with Crippen molar-refractivity contribution in [2.24, 2.45) is 22.2 Å². The summed E-state index contributed by atoms with van der Waals surface area (Å²) in [7, 11) is 0. The van der Waals surface area contributed by atoms with Crippen molar-refractivity contribution < 1.29 is 4.79 Å². The molecular weight excluding hydrogens is 402 g/mol. The molecule has 1 N–H and O–H groups in total. The predicted molar refractivity (Wildman–Crippen MR) is 147 cm³/mol. The third-order valence-electron chi connectivity index (χ3n) is 8.68. The van der Waals surface area contributed by atoms with Gasteiger partial charge < -0.3 is 5.32 Å². The van der Waals surface area contributed by atoms with Gasteiger partial charge in [0.05, 0.1) is 0 Å². The highest BCUT2D eigenvalue weighted by atomic mass is 16.2. The van der Waals surface area contributed by atoms with Gasteiger partial charge in [-0.3, -0.25) is 4.79 Å². The van der Waals surface area contributed by atoms with Gasteiger partial charge in [0.25, 0.3) is 0 Å². The van der Waals surface area contributed by atoms with Crippen molar-refractivity contribution in [2.45, 2.75) is 171 Å². The van der Waals surface area contributed by atoms with E-state index in [1.807, 2.05) is 0 Å². The second-order valence-corrected chi connectivity index (χ2v) is 13.9. The van der Waals surface area contributed by atoms with Crippen molar-refractivity contribution in [1.82, 2.24) is 5.32 Å². The minimum atomic E-state index is -0.338. The Morgan fingerprint density at radius 1 is 0.788 bits per heavy atom. The van der Waals surface area contributed by atoms with Crippen molar-refractivity contribution in [3.63, 3.8) is 0 Å². The number of hydrogen-bond acceptors (Lipinski definition) is 1. The van der Waals surface area contributed by atoms with Crippen LogP contribution in [0.4, 0.5) is 0 Å². The summed E-state index contributed by atoms with van der Waals surface area (Å²) < 4.78 is 0. The minimum absolute atomic E-state index is 0.00924. The van der Waals surface area contributed by atoms with Crippen LogP contribution in [-0.2, 0) is 4.79 Å². The standard InChI is InChI=1S/C31H61NO/c1-10-21-31(22-19-17-15-13-12-14-16-18-20-23-31)32-27(33)30(9,24-28(4,5)6)25-29(7,8)26(3)11-2/h26H,10-25H2,1-9H3,(H,32,33)/t26-,30?/m1/s1. The molecule has 2 nitrogen and oxygen atoms in total. The van der Waals surface area contributed by atoms with Gasteiger partial charge in [-0.05, 0) is 48.9 Å². The maximum atomic E-state index is 14.2. The molecule has 196 valence electrons. The number of hydrogen-bond donors (Lipinski definition) is 1. The van der Waals surface area contributed by atoms with Crippen molar-refractivity contribution in [3.05, 3.63) is 0 Å². The summed E-state index contributed by atoms with van der Waals surface area (Å²) in [6.45, 7) is 20.9. The zero-order chi connectivity index (χ0) is 25.2. The van der Waals surface area contributed by atoms with Gasteiger partial charge in [-0.15, -0.1) is 0 Å². The van der Waals surface area contributed by atoms with Crippen LogP contribution in [0.15, 0.2) is 0 Å². The highest BCUT2D eigenvalue weighted by Crippen LogP contribution is 2.46. The molecule has 1 aliphatic carbocycles. The number of carbonyl (C=O) groups excluding carboxylic acids is 1. The van der Waals surface area contributed by atoms with Crippen molar-refractivity contribution in [1.29, 1.82) is 0 Å². The Hall–Kier alpha value is -0.530. The largest absolute Gasteiger partial charge is 0.350 e. The summed E-state index contributed by atoms with van der Waals surface area (Å²) in [5.74, 6) is 0.935. The van der Waals surface area contributed by atoms with Gasteiger partial charge in [-0.1, -0.05) is 133 Å². The van der Waals surface area contributed by atoms with Gasteiger partial charge in [0.2, 0.25) is 5.91 Å². The average molecular weight is 464 g/mol. The fraction of sp³-hybridized carbons (Fsp3) is 0.968. The van der Waals surface area contributed by atoms with Crippen molar-refractivity contribution >= 4 is 5.91 Å². The lowest BCUT2D eigenvalue weighted by molar-refractivity contribution is -0.137. The molecule has 1 fully saturated rings. The summed E-state index contributed by atoms with van der Waals surface area (Å²) in [6.07, 6.45) is 19.7. The van der Waals surface area contributed by atoms with Crippen LogP contribution in [0.1, 0.15) is 165 Å². The average Bonchev–Trinajstić information content (AvgIpc) is 2.68. The van der Waals surface area contributed by atoms with Gasteiger partial charge in [0.1, 0.15) is 0 Å². The molecule has 1 unspecified atom stereocenters. The van der Waals surface area contributed by atoms with Crippen LogP contribution >= 0.6 is 0 Å². The third kappa shape index (κ3) is 10.7. The zero-order valence-electron chi connectivity index (χ0n) is 24.3. The maximum absolute atomic E-state index is 14.2.